The number of hydrogen-bond donors (Lipinski definition) is 2. The molecule has 5 nitrogen and oxygen atoms in total. The van der Waals surface area contributed by atoms with Crippen molar-refractivity contribution in [3.8, 4) is 0 Å². The highest BCUT2D eigenvalue weighted by molar-refractivity contribution is 7.89. The summed E-state index contributed by atoms with van der Waals surface area (Å²) in [6.07, 6.45) is 7.28. The lowest BCUT2D eigenvalue weighted by Crippen LogP contribution is -2.39. The monoisotopic (exact) mass is 311 g/mol. The molecule has 0 unspecified atom stereocenters. The number of nitrogens with zero attached hydrogens (tertiary/aromatic N) is 1. The summed E-state index contributed by atoms with van der Waals surface area (Å²) in [5, 5.41) is 3.46. The van der Waals surface area contributed by atoms with Crippen LogP contribution in [0.25, 0.3) is 0 Å². The molecule has 0 atom stereocenters. The van der Waals surface area contributed by atoms with Gasteiger partial charge in [0.05, 0.1) is 4.90 Å². The van der Waals surface area contributed by atoms with E-state index in [0.29, 0.717) is 10.9 Å². The number of hydrogen-bond acceptors (Lipinski definition) is 3. The molecule has 0 aliphatic heterocycles. The average Bonchev–Trinajstić information content (AvgIpc) is 3.09. The third kappa shape index (κ3) is 3.49. The van der Waals surface area contributed by atoms with Crippen molar-refractivity contribution >= 4 is 10.0 Å². The van der Waals surface area contributed by atoms with Gasteiger partial charge in [-0.2, -0.15) is 0 Å². The molecule has 2 fully saturated rings. The van der Waals surface area contributed by atoms with E-state index >= 15 is 0 Å². The number of nitrogens with one attached hydrogen (secondary N) is 2. The maximum absolute atomic E-state index is 12.4. The topological polar surface area (TPSA) is 63.1 Å². The molecule has 0 aromatic carbocycles. The second kappa shape index (κ2) is 5.74. The SMILES string of the molecule is CC(C)n1cc(S(=O)(=O)NC2CCC2)cc1CNC1CC1. The lowest BCUT2D eigenvalue weighted by Gasteiger charge is -2.25. The van der Waals surface area contributed by atoms with Crippen LogP contribution in [0.1, 0.15) is 57.7 Å². The Labute approximate surface area is 127 Å². The van der Waals surface area contributed by atoms with Gasteiger partial charge in [-0.1, -0.05) is 6.42 Å². The summed E-state index contributed by atoms with van der Waals surface area (Å²) in [7, 11) is -3.38. The highest BCUT2D eigenvalue weighted by Gasteiger charge is 2.27. The second-order valence-electron chi connectivity index (χ2n) is 6.57. The summed E-state index contributed by atoms with van der Waals surface area (Å²) < 4.78 is 29.7. The summed E-state index contributed by atoms with van der Waals surface area (Å²) in [6, 6.07) is 2.82. The van der Waals surface area contributed by atoms with Crippen LogP contribution in [-0.4, -0.2) is 25.1 Å². The first-order chi connectivity index (χ1) is 9.95. The molecule has 0 radical (unpaired) electrons. The van der Waals surface area contributed by atoms with Crippen LogP contribution in [0.3, 0.4) is 0 Å². The molecular formula is C15H25N3O2S. The summed E-state index contributed by atoms with van der Waals surface area (Å²) in [5.74, 6) is 0. The maximum Gasteiger partial charge on any atom is 0.242 e. The third-order valence-corrected chi connectivity index (χ3v) is 5.84. The van der Waals surface area contributed by atoms with Gasteiger partial charge in [-0.15, -0.1) is 0 Å². The first-order valence-electron chi connectivity index (χ1n) is 7.92. The second-order valence-corrected chi connectivity index (χ2v) is 8.29. The van der Waals surface area contributed by atoms with Crippen molar-refractivity contribution in [2.45, 2.75) is 75.5 Å². The van der Waals surface area contributed by atoms with Crippen LogP contribution in [0.15, 0.2) is 17.2 Å². The van der Waals surface area contributed by atoms with Crippen LogP contribution < -0.4 is 10.0 Å². The molecule has 0 saturated heterocycles. The lowest BCUT2D eigenvalue weighted by atomic mass is 9.94. The average molecular weight is 311 g/mol. The van der Waals surface area contributed by atoms with Gasteiger partial charge in [-0.25, -0.2) is 13.1 Å². The molecule has 3 rings (SSSR count). The number of sulfonamides is 1. The van der Waals surface area contributed by atoms with E-state index in [1.807, 2.05) is 6.07 Å². The van der Waals surface area contributed by atoms with Crippen molar-refractivity contribution < 1.29 is 8.42 Å². The fourth-order valence-corrected chi connectivity index (χ4v) is 3.97. The molecule has 2 saturated carbocycles. The fraction of sp³-hybridized carbons (Fsp3) is 0.733. The zero-order valence-corrected chi connectivity index (χ0v) is 13.6. The van der Waals surface area contributed by atoms with Gasteiger partial charge < -0.3 is 9.88 Å². The van der Waals surface area contributed by atoms with Crippen molar-refractivity contribution in [3.05, 3.63) is 18.0 Å². The normalized spacial score (nSPS) is 20.0. The molecule has 0 bridgehead atoms. The van der Waals surface area contributed by atoms with Crippen LogP contribution in [0.5, 0.6) is 0 Å². The Hall–Kier alpha value is -0.850. The largest absolute Gasteiger partial charge is 0.346 e. The van der Waals surface area contributed by atoms with Gasteiger partial charge in [0.25, 0.3) is 0 Å². The fourth-order valence-electron chi connectivity index (χ4n) is 2.62. The predicted molar refractivity (Wildman–Crippen MR) is 82.6 cm³/mol. The molecule has 0 amide bonds. The van der Waals surface area contributed by atoms with Crippen molar-refractivity contribution in [1.82, 2.24) is 14.6 Å². The smallest absolute Gasteiger partial charge is 0.242 e. The maximum atomic E-state index is 12.4. The van der Waals surface area contributed by atoms with E-state index < -0.39 is 10.0 Å². The molecule has 0 spiro atoms. The quantitative estimate of drug-likeness (QED) is 0.811. The van der Waals surface area contributed by atoms with Crippen molar-refractivity contribution in [1.29, 1.82) is 0 Å². The highest BCUT2D eigenvalue weighted by Crippen LogP contribution is 2.24. The minimum atomic E-state index is -3.38. The molecule has 2 aliphatic carbocycles. The Kier molecular flexibility index (Phi) is 4.12. The molecular weight excluding hydrogens is 286 g/mol. The van der Waals surface area contributed by atoms with E-state index in [9.17, 15) is 8.42 Å². The van der Waals surface area contributed by atoms with Gasteiger partial charge in [0.2, 0.25) is 10.0 Å². The van der Waals surface area contributed by atoms with Crippen LogP contribution >= 0.6 is 0 Å². The minimum Gasteiger partial charge on any atom is -0.346 e. The van der Waals surface area contributed by atoms with Crippen LogP contribution in [0, 0.1) is 0 Å². The van der Waals surface area contributed by atoms with E-state index in [-0.39, 0.29) is 12.1 Å². The van der Waals surface area contributed by atoms with Gasteiger partial charge in [0.1, 0.15) is 0 Å². The van der Waals surface area contributed by atoms with Crippen LogP contribution in [0.4, 0.5) is 0 Å². The number of rotatable bonds is 7. The molecule has 6 heteroatoms. The Bertz CT molecular complexity index is 598. The highest BCUT2D eigenvalue weighted by atomic mass is 32.2. The van der Waals surface area contributed by atoms with E-state index in [1.165, 1.54) is 12.8 Å². The summed E-state index contributed by atoms with van der Waals surface area (Å²) in [5.41, 5.74) is 1.05. The van der Waals surface area contributed by atoms with Crippen LogP contribution in [0.2, 0.25) is 0 Å². The predicted octanol–water partition coefficient (Wildman–Crippen LogP) is 2.15. The van der Waals surface area contributed by atoms with Gasteiger partial charge >= 0.3 is 0 Å². The zero-order valence-electron chi connectivity index (χ0n) is 12.8. The molecule has 1 heterocycles. The summed E-state index contributed by atoms with van der Waals surface area (Å²) >= 11 is 0. The van der Waals surface area contributed by atoms with Gasteiger partial charge in [-0.3, -0.25) is 0 Å². The Balaban J connectivity index is 1.78. The van der Waals surface area contributed by atoms with Crippen molar-refractivity contribution in [2.24, 2.45) is 0 Å². The van der Waals surface area contributed by atoms with Crippen LogP contribution in [-0.2, 0) is 16.6 Å². The molecule has 2 aliphatic rings. The third-order valence-electron chi connectivity index (χ3n) is 4.35. The van der Waals surface area contributed by atoms with Gasteiger partial charge in [0, 0.05) is 36.6 Å². The zero-order chi connectivity index (χ0) is 15.0. The Morgan fingerprint density at radius 1 is 1.24 bits per heavy atom. The number of aromatic nitrogens is 1. The van der Waals surface area contributed by atoms with Crippen molar-refractivity contribution in [2.75, 3.05) is 0 Å². The van der Waals surface area contributed by atoms with Crippen molar-refractivity contribution in [3.63, 3.8) is 0 Å². The molecule has 118 valence electrons. The molecule has 2 N–H and O–H groups in total. The summed E-state index contributed by atoms with van der Waals surface area (Å²) in [4.78, 5) is 0.399. The van der Waals surface area contributed by atoms with E-state index in [1.54, 1.807) is 6.20 Å². The van der Waals surface area contributed by atoms with Gasteiger partial charge in [-0.05, 0) is 45.6 Å². The molecule has 21 heavy (non-hydrogen) atoms. The first-order valence-corrected chi connectivity index (χ1v) is 9.40. The lowest BCUT2D eigenvalue weighted by molar-refractivity contribution is 0.383. The Morgan fingerprint density at radius 2 is 1.95 bits per heavy atom. The first kappa shape index (κ1) is 15.1. The Morgan fingerprint density at radius 3 is 2.48 bits per heavy atom. The molecule has 1 aromatic heterocycles. The summed E-state index contributed by atoms with van der Waals surface area (Å²) in [6.45, 7) is 4.90. The van der Waals surface area contributed by atoms with E-state index in [0.717, 1.165) is 31.5 Å². The van der Waals surface area contributed by atoms with E-state index in [2.05, 4.69) is 28.5 Å². The van der Waals surface area contributed by atoms with E-state index in [4.69, 9.17) is 0 Å². The van der Waals surface area contributed by atoms with Gasteiger partial charge in [0.15, 0.2) is 0 Å². The minimum absolute atomic E-state index is 0.130. The molecule has 1 aromatic rings. The standard InChI is InChI=1S/C15H25N3O2S/c1-11(2)18-10-15(8-14(18)9-16-12-6-7-12)21(19,20)17-13-4-3-5-13/h8,10-13,16-17H,3-7,9H2,1-2H3.